The van der Waals surface area contributed by atoms with E-state index in [2.05, 4.69) is 27.6 Å². The molecule has 0 bridgehead atoms. The molecule has 0 fully saturated rings. The Morgan fingerprint density at radius 3 is 2.52 bits per heavy atom. The SMILES string of the molecule is C=CCOc1c(Br)cc(/C=C2/C(=O)N(c3ccc(C(=O)OCC)cc3)N=C2C)cc1OCC. The maximum atomic E-state index is 13.1. The highest BCUT2D eigenvalue weighted by molar-refractivity contribution is 9.10. The largest absolute Gasteiger partial charge is 0.490 e. The van der Waals surface area contributed by atoms with Crippen LogP contribution < -0.4 is 14.5 Å². The topological polar surface area (TPSA) is 77.4 Å². The van der Waals surface area contributed by atoms with Crippen molar-refractivity contribution in [3.63, 3.8) is 0 Å². The van der Waals surface area contributed by atoms with Gasteiger partial charge in [0, 0.05) is 0 Å². The lowest BCUT2D eigenvalue weighted by Gasteiger charge is -2.14. The second kappa shape index (κ2) is 11.0. The van der Waals surface area contributed by atoms with Gasteiger partial charge in [0.25, 0.3) is 5.91 Å². The van der Waals surface area contributed by atoms with E-state index in [4.69, 9.17) is 14.2 Å². The van der Waals surface area contributed by atoms with Crippen LogP contribution in [0, 0.1) is 0 Å². The van der Waals surface area contributed by atoms with Crippen molar-refractivity contribution in [2.24, 2.45) is 5.10 Å². The quantitative estimate of drug-likeness (QED) is 0.255. The van der Waals surface area contributed by atoms with Crippen LogP contribution in [0.4, 0.5) is 5.69 Å². The zero-order valence-electron chi connectivity index (χ0n) is 18.8. The standard InChI is InChI=1S/C25H25BrN2O5/c1-5-12-33-23-21(26)14-17(15-22(23)31-6-2)13-20-16(4)27-28(24(20)29)19-10-8-18(9-11-19)25(30)32-7-3/h5,8-11,13-15H,1,6-7,12H2,2-4H3/b20-13+. The number of halogens is 1. The van der Waals surface area contributed by atoms with Gasteiger partial charge in [0.2, 0.25) is 0 Å². The highest BCUT2D eigenvalue weighted by Crippen LogP contribution is 2.38. The minimum Gasteiger partial charge on any atom is -0.490 e. The first kappa shape index (κ1) is 24.3. The van der Waals surface area contributed by atoms with Gasteiger partial charge < -0.3 is 14.2 Å². The molecule has 0 radical (unpaired) electrons. The van der Waals surface area contributed by atoms with E-state index in [1.54, 1.807) is 50.3 Å². The fraction of sp³-hybridized carbons (Fsp3) is 0.240. The fourth-order valence-corrected chi connectivity index (χ4v) is 3.77. The number of rotatable bonds is 9. The molecule has 1 amide bonds. The van der Waals surface area contributed by atoms with Crippen LogP contribution >= 0.6 is 15.9 Å². The lowest BCUT2D eigenvalue weighted by molar-refractivity contribution is -0.114. The molecule has 8 heteroatoms. The molecule has 0 saturated heterocycles. The highest BCUT2D eigenvalue weighted by atomic mass is 79.9. The van der Waals surface area contributed by atoms with E-state index in [-0.39, 0.29) is 5.91 Å². The number of carbonyl (C=O) groups is 2. The minimum absolute atomic E-state index is 0.266. The summed E-state index contributed by atoms with van der Waals surface area (Å²) in [5, 5.41) is 5.72. The first-order valence-electron chi connectivity index (χ1n) is 10.5. The Hall–Kier alpha value is -3.39. The molecular formula is C25H25BrN2O5. The normalized spacial score (nSPS) is 14.3. The van der Waals surface area contributed by atoms with Gasteiger partial charge in [-0.05, 0) is 84.7 Å². The van der Waals surface area contributed by atoms with E-state index < -0.39 is 5.97 Å². The number of carbonyl (C=O) groups excluding carboxylic acids is 2. The van der Waals surface area contributed by atoms with E-state index in [0.717, 1.165) is 5.56 Å². The van der Waals surface area contributed by atoms with Crippen LogP contribution in [0.5, 0.6) is 11.5 Å². The molecule has 172 valence electrons. The molecule has 1 heterocycles. The molecule has 1 aliphatic rings. The molecule has 1 aliphatic heterocycles. The Kier molecular flexibility index (Phi) is 8.06. The van der Waals surface area contributed by atoms with Crippen LogP contribution in [0.2, 0.25) is 0 Å². The Morgan fingerprint density at radius 2 is 1.88 bits per heavy atom. The van der Waals surface area contributed by atoms with Crippen LogP contribution in [-0.2, 0) is 9.53 Å². The number of anilines is 1. The van der Waals surface area contributed by atoms with Crippen LogP contribution in [0.1, 0.15) is 36.7 Å². The summed E-state index contributed by atoms with van der Waals surface area (Å²) in [6.07, 6.45) is 3.42. The molecule has 0 atom stereocenters. The van der Waals surface area contributed by atoms with Crippen molar-refractivity contribution in [2.75, 3.05) is 24.8 Å². The predicted octanol–water partition coefficient (Wildman–Crippen LogP) is 5.40. The number of amides is 1. The zero-order valence-corrected chi connectivity index (χ0v) is 20.3. The number of ether oxygens (including phenoxy) is 3. The van der Waals surface area contributed by atoms with Gasteiger partial charge in [0.15, 0.2) is 11.5 Å². The first-order chi connectivity index (χ1) is 15.9. The number of hydrogen-bond acceptors (Lipinski definition) is 6. The third-order valence-corrected chi connectivity index (χ3v) is 5.26. The van der Waals surface area contributed by atoms with E-state index >= 15 is 0 Å². The number of hydrazone groups is 1. The summed E-state index contributed by atoms with van der Waals surface area (Å²) in [5.74, 6) is 0.461. The van der Waals surface area contributed by atoms with Gasteiger partial charge in [-0.1, -0.05) is 12.7 Å². The predicted molar refractivity (Wildman–Crippen MR) is 132 cm³/mol. The van der Waals surface area contributed by atoms with Crippen molar-refractivity contribution in [1.29, 1.82) is 0 Å². The van der Waals surface area contributed by atoms with Crippen molar-refractivity contribution < 1.29 is 23.8 Å². The zero-order chi connectivity index (χ0) is 24.0. The summed E-state index contributed by atoms with van der Waals surface area (Å²) in [7, 11) is 0. The average molecular weight is 513 g/mol. The molecule has 0 N–H and O–H groups in total. The molecule has 0 saturated carbocycles. The number of esters is 1. The summed E-state index contributed by atoms with van der Waals surface area (Å²) in [4.78, 5) is 25.0. The molecule has 0 aliphatic carbocycles. The van der Waals surface area contributed by atoms with Gasteiger partial charge >= 0.3 is 5.97 Å². The van der Waals surface area contributed by atoms with Gasteiger partial charge in [-0.25, -0.2) is 4.79 Å². The van der Waals surface area contributed by atoms with E-state index in [1.165, 1.54) is 5.01 Å². The van der Waals surface area contributed by atoms with Crippen molar-refractivity contribution in [3.05, 3.63) is 70.2 Å². The van der Waals surface area contributed by atoms with E-state index in [9.17, 15) is 9.59 Å². The number of benzene rings is 2. The fourth-order valence-electron chi connectivity index (χ4n) is 3.20. The van der Waals surface area contributed by atoms with Gasteiger partial charge in [0.1, 0.15) is 6.61 Å². The molecule has 7 nitrogen and oxygen atoms in total. The minimum atomic E-state index is -0.409. The van der Waals surface area contributed by atoms with Crippen LogP contribution in [-0.4, -0.2) is 37.4 Å². The molecular weight excluding hydrogens is 488 g/mol. The monoisotopic (exact) mass is 512 g/mol. The van der Waals surface area contributed by atoms with Crippen LogP contribution in [0.15, 0.2) is 64.2 Å². The highest BCUT2D eigenvalue weighted by Gasteiger charge is 2.29. The Bertz CT molecular complexity index is 1120. The first-order valence-corrected chi connectivity index (χ1v) is 11.3. The average Bonchev–Trinajstić information content (AvgIpc) is 3.07. The van der Waals surface area contributed by atoms with Gasteiger partial charge in [-0.15, -0.1) is 0 Å². The molecule has 2 aromatic rings. The van der Waals surface area contributed by atoms with Crippen molar-refractivity contribution in [3.8, 4) is 11.5 Å². The maximum Gasteiger partial charge on any atom is 0.338 e. The lowest BCUT2D eigenvalue weighted by atomic mass is 10.1. The van der Waals surface area contributed by atoms with E-state index in [1.807, 2.05) is 19.1 Å². The molecule has 33 heavy (non-hydrogen) atoms. The molecule has 0 spiro atoms. The Labute approximate surface area is 201 Å². The summed E-state index contributed by atoms with van der Waals surface area (Å²) in [6, 6.07) is 10.2. The second-order valence-corrected chi connectivity index (χ2v) is 7.84. The lowest BCUT2D eigenvalue weighted by Crippen LogP contribution is -2.21. The Balaban J connectivity index is 1.88. The summed E-state index contributed by atoms with van der Waals surface area (Å²) in [6.45, 7) is 10.2. The van der Waals surface area contributed by atoms with Crippen molar-refractivity contribution >= 4 is 45.3 Å². The molecule has 0 unspecified atom stereocenters. The summed E-state index contributed by atoms with van der Waals surface area (Å²) < 4.78 is 17.1. The van der Waals surface area contributed by atoms with Crippen molar-refractivity contribution in [1.82, 2.24) is 0 Å². The second-order valence-electron chi connectivity index (χ2n) is 6.99. The van der Waals surface area contributed by atoms with Gasteiger partial charge in [-0.2, -0.15) is 10.1 Å². The van der Waals surface area contributed by atoms with Gasteiger partial charge in [-0.3, -0.25) is 4.79 Å². The van der Waals surface area contributed by atoms with E-state index in [0.29, 0.717) is 58.3 Å². The van der Waals surface area contributed by atoms with Crippen LogP contribution in [0.25, 0.3) is 6.08 Å². The summed E-state index contributed by atoms with van der Waals surface area (Å²) in [5.41, 5.74) is 2.76. The van der Waals surface area contributed by atoms with Gasteiger partial charge in [0.05, 0.1) is 40.2 Å². The van der Waals surface area contributed by atoms with Crippen LogP contribution in [0.3, 0.4) is 0 Å². The van der Waals surface area contributed by atoms with Crippen molar-refractivity contribution in [2.45, 2.75) is 20.8 Å². The molecule has 0 aromatic heterocycles. The molecule has 3 rings (SSSR count). The summed E-state index contributed by atoms with van der Waals surface area (Å²) >= 11 is 3.52. The third kappa shape index (κ3) is 5.51. The third-order valence-electron chi connectivity index (χ3n) is 4.67. The number of hydrogen-bond donors (Lipinski definition) is 0. The smallest absolute Gasteiger partial charge is 0.338 e. The maximum absolute atomic E-state index is 13.1. The number of nitrogens with zero attached hydrogens (tertiary/aromatic N) is 2. The Morgan fingerprint density at radius 1 is 1.15 bits per heavy atom. The molecule has 2 aromatic carbocycles.